The summed E-state index contributed by atoms with van der Waals surface area (Å²) in [6, 6.07) is 1.84. The Morgan fingerprint density at radius 1 is 1.13 bits per heavy atom. The highest BCUT2D eigenvalue weighted by molar-refractivity contribution is 6.16. The molecule has 0 atom stereocenters. The number of aryl methyl sites for hydroxylation is 2. The molecule has 2 aliphatic heterocycles. The van der Waals surface area contributed by atoms with Crippen molar-refractivity contribution in [1.29, 1.82) is 0 Å². The Morgan fingerprint density at radius 3 is 2.43 bits per heavy atom. The number of hydrogen-bond donors (Lipinski definition) is 0. The lowest BCUT2D eigenvalue weighted by Crippen LogP contribution is -2.36. The molecular formula is C16H21N5O2. The van der Waals surface area contributed by atoms with Gasteiger partial charge in [0.05, 0.1) is 18.6 Å². The first kappa shape index (κ1) is 15.6. The zero-order chi connectivity index (χ0) is 16.4. The second-order valence-corrected chi connectivity index (χ2v) is 6.12. The number of nitrogens with zero attached hydrogens (tertiary/aromatic N) is 5. The largest absolute Gasteiger partial charge is 0.342 e. The molecule has 1 fully saturated rings. The number of hydrogen-bond acceptors (Lipinski definition) is 5. The lowest BCUT2D eigenvalue weighted by molar-refractivity contribution is -0.130. The predicted molar refractivity (Wildman–Crippen MR) is 86.1 cm³/mol. The first-order valence-corrected chi connectivity index (χ1v) is 8.02. The van der Waals surface area contributed by atoms with Crippen molar-refractivity contribution >= 4 is 23.5 Å². The third-order valence-corrected chi connectivity index (χ3v) is 4.06. The van der Waals surface area contributed by atoms with Gasteiger partial charge in [-0.3, -0.25) is 9.59 Å². The molecule has 0 unspecified atom stereocenters. The fraction of sp³-hybridized carbons (Fsp3) is 0.562. The number of aromatic nitrogens is 2. The van der Waals surface area contributed by atoms with E-state index in [1.165, 1.54) is 11.4 Å². The molecule has 0 saturated carbocycles. The summed E-state index contributed by atoms with van der Waals surface area (Å²) in [5.41, 5.74) is 2.16. The molecule has 7 nitrogen and oxygen atoms in total. The molecule has 2 aliphatic rings. The van der Waals surface area contributed by atoms with Crippen LogP contribution in [0.4, 0.5) is 5.95 Å². The van der Waals surface area contributed by atoms with E-state index in [1.54, 1.807) is 0 Å². The molecule has 1 aromatic heterocycles. The molecule has 122 valence electrons. The molecule has 1 aromatic rings. The molecule has 0 spiro atoms. The van der Waals surface area contributed by atoms with Gasteiger partial charge in [0.1, 0.15) is 0 Å². The van der Waals surface area contributed by atoms with Crippen molar-refractivity contribution < 1.29 is 9.59 Å². The van der Waals surface area contributed by atoms with Crippen LogP contribution < -0.4 is 5.01 Å². The standard InChI is InChI=1S/C16H21N5O2/c1-11-8-12(2)18-16(17-11)21-15(23)10-13(19-21)9-14(22)20-6-4-3-5-7-20/h8H,3-7,9-10H2,1-2H3. The van der Waals surface area contributed by atoms with Crippen LogP contribution in [0.5, 0.6) is 0 Å². The maximum absolute atomic E-state index is 12.3. The maximum atomic E-state index is 12.3. The van der Waals surface area contributed by atoms with Crippen LogP contribution in [0.25, 0.3) is 0 Å². The van der Waals surface area contributed by atoms with E-state index in [2.05, 4.69) is 15.1 Å². The van der Waals surface area contributed by atoms with Crippen LogP contribution in [0.3, 0.4) is 0 Å². The van der Waals surface area contributed by atoms with Crippen LogP contribution in [-0.2, 0) is 9.59 Å². The van der Waals surface area contributed by atoms with Gasteiger partial charge in [-0.25, -0.2) is 9.97 Å². The number of piperidine rings is 1. The number of anilines is 1. The fourth-order valence-corrected chi connectivity index (χ4v) is 2.97. The summed E-state index contributed by atoms with van der Waals surface area (Å²) in [4.78, 5) is 34.9. The van der Waals surface area contributed by atoms with Crippen LogP contribution in [0.1, 0.15) is 43.5 Å². The second kappa shape index (κ2) is 6.44. The molecular weight excluding hydrogens is 294 g/mol. The topological polar surface area (TPSA) is 78.8 Å². The van der Waals surface area contributed by atoms with E-state index in [1.807, 2.05) is 24.8 Å². The Hall–Kier alpha value is -2.31. The first-order chi connectivity index (χ1) is 11.0. The fourth-order valence-electron chi connectivity index (χ4n) is 2.97. The van der Waals surface area contributed by atoms with Gasteiger partial charge in [0.15, 0.2) is 0 Å². The SMILES string of the molecule is Cc1cc(C)nc(N2N=C(CC(=O)N3CCCCC3)CC2=O)n1. The van der Waals surface area contributed by atoms with Crippen LogP contribution in [-0.4, -0.2) is 45.5 Å². The Labute approximate surface area is 135 Å². The van der Waals surface area contributed by atoms with E-state index in [0.29, 0.717) is 5.71 Å². The van der Waals surface area contributed by atoms with Crippen LogP contribution in [0.15, 0.2) is 11.2 Å². The monoisotopic (exact) mass is 315 g/mol. The molecule has 2 amide bonds. The van der Waals surface area contributed by atoms with E-state index < -0.39 is 0 Å². The third-order valence-electron chi connectivity index (χ3n) is 4.06. The van der Waals surface area contributed by atoms with Crippen molar-refractivity contribution in [3.8, 4) is 0 Å². The van der Waals surface area contributed by atoms with E-state index >= 15 is 0 Å². The van der Waals surface area contributed by atoms with Crippen molar-refractivity contribution in [2.75, 3.05) is 18.1 Å². The van der Waals surface area contributed by atoms with Crippen molar-refractivity contribution in [1.82, 2.24) is 14.9 Å². The summed E-state index contributed by atoms with van der Waals surface area (Å²) in [7, 11) is 0. The van der Waals surface area contributed by atoms with Gasteiger partial charge in [0.25, 0.3) is 11.9 Å². The van der Waals surface area contributed by atoms with Gasteiger partial charge in [-0.2, -0.15) is 10.1 Å². The predicted octanol–water partition coefficient (Wildman–Crippen LogP) is 1.59. The number of hydrazone groups is 1. The minimum absolute atomic E-state index is 0.0550. The normalized spacial score (nSPS) is 18.3. The van der Waals surface area contributed by atoms with E-state index in [9.17, 15) is 9.59 Å². The quantitative estimate of drug-likeness (QED) is 0.848. The smallest absolute Gasteiger partial charge is 0.255 e. The summed E-state index contributed by atoms with van der Waals surface area (Å²) >= 11 is 0. The van der Waals surface area contributed by atoms with Gasteiger partial charge in [-0.1, -0.05) is 0 Å². The molecule has 3 heterocycles. The number of likely N-dealkylation sites (tertiary alicyclic amines) is 1. The Bertz CT molecular complexity index is 644. The van der Waals surface area contributed by atoms with Crippen molar-refractivity contribution in [3.05, 3.63) is 17.5 Å². The van der Waals surface area contributed by atoms with Crippen molar-refractivity contribution in [2.45, 2.75) is 46.0 Å². The molecule has 0 aromatic carbocycles. The summed E-state index contributed by atoms with van der Waals surface area (Å²) in [5, 5.41) is 5.51. The lowest BCUT2D eigenvalue weighted by atomic mass is 10.1. The number of carbonyl (C=O) groups is 2. The Morgan fingerprint density at radius 2 is 1.78 bits per heavy atom. The minimum Gasteiger partial charge on any atom is -0.342 e. The maximum Gasteiger partial charge on any atom is 0.255 e. The van der Waals surface area contributed by atoms with E-state index in [0.717, 1.165) is 37.3 Å². The van der Waals surface area contributed by atoms with Gasteiger partial charge in [0.2, 0.25) is 5.91 Å². The number of amides is 2. The van der Waals surface area contributed by atoms with Gasteiger partial charge in [-0.05, 0) is 39.2 Å². The van der Waals surface area contributed by atoms with E-state index in [-0.39, 0.29) is 30.6 Å². The number of rotatable bonds is 3. The lowest BCUT2D eigenvalue weighted by Gasteiger charge is -2.26. The third kappa shape index (κ3) is 3.55. The molecule has 3 rings (SSSR count). The summed E-state index contributed by atoms with van der Waals surface area (Å²) < 4.78 is 0. The molecule has 0 bridgehead atoms. The molecule has 0 N–H and O–H groups in total. The Kier molecular flexibility index (Phi) is 4.36. The molecule has 7 heteroatoms. The summed E-state index contributed by atoms with van der Waals surface area (Å²) in [6.07, 6.45) is 3.66. The number of carbonyl (C=O) groups excluding carboxylic acids is 2. The van der Waals surface area contributed by atoms with Crippen LogP contribution in [0, 0.1) is 13.8 Å². The molecule has 0 radical (unpaired) electrons. The Balaban J connectivity index is 1.72. The van der Waals surface area contributed by atoms with Gasteiger partial charge >= 0.3 is 0 Å². The summed E-state index contributed by atoms with van der Waals surface area (Å²) in [6.45, 7) is 5.32. The zero-order valence-electron chi connectivity index (χ0n) is 13.6. The van der Waals surface area contributed by atoms with E-state index in [4.69, 9.17) is 0 Å². The van der Waals surface area contributed by atoms with Crippen molar-refractivity contribution in [3.63, 3.8) is 0 Å². The van der Waals surface area contributed by atoms with Crippen LogP contribution in [0.2, 0.25) is 0 Å². The van der Waals surface area contributed by atoms with Crippen LogP contribution >= 0.6 is 0 Å². The highest BCUT2D eigenvalue weighted by atomic mass is 16.2. The molecule has 23 heavy (non-hydrogen) atoms. The second-order valence-electron chi connectivity index (χ2n) is 6.12. The average molecular weight is 315 g/mol. The zero-order valence-corrected chi connectivity index (χ0v) is 13.6. The van der Waals surface area contributed by atoms with Gasteiger partial charge in [0, 0.05) is 24.5 Å². The van der Waals surface area contributed by atoms with Gasteiger partial charge in [-0.15, -0.1) is 0 Å². The summed E-state index contributed by atoms with van der Waals surface area (Å²) in [5.74, 6) is 0.156. The highest BCUT2D eigenvalue weighted by Crippen LogP contribution is 2.19. The van der Waals surface area contributed by atoms with Crippen molar-refractivity contribution in [2.24, 2.45) is 5.10 Å². The van der Waals surface area contributed by atoms with Gasteiger partial charge < -0.3 is 4.90 Å². The molecule has 0 aliphatic carbocycles. The molecule has 1 saturated heterocycles. The minimum atomic E-state index is -0.184. The average Bonchev–Trinajstić information content (AvgIpc) is 2.87. The first-order valence-electron chi connectivity index (χ1n) is 8.02. The highest BCUT2D eigenvalue weighted by Gasteiger charge is 2.29.